The molecule has 0 saturated carbocycles. The summed E-state index contributed by atoms with van der Waals surface area (Å²) in [5.74, 6) is 0.500. The molecule has 1 aromatic heterocycles. The topological polar surface area (TPSA) is 88.9 Å². The Kier molecular flexibility index (Phi) is 5.13. The van der Waals surface area contributed by atoms with Gasteiger partial charge in [-0.05, 0) is 5.92 Å². The molecule has 1 fully saturated rings. The molecule has 116 valence electrons. The summed E-state index contributed by atoms with van der Waals surface area (Å²) in [5, 5.41) is 18.1. The largest absolute Gasteiger partial charge is 0.339 e. The SMILES string of the molecule is CC(C)C(C#N)N1CCN(C(=O)Cn2ccnc2C#N)CC1. The van der Waals surface area contributed by atoms with Gasteiger partial charge in [-0.2, -0.15) is 10.5 Å². The molecule has 0 radical (unpaired) electrons. The van der Waals surface area contributed by atoms with E-state index >= 15 is 0 Å². The summed E-state index contributed by atoms with van der Waals surface area (Å²) in [6.45, 7) is 6.84. The summed E-state index contributed by atoms with van der Waals surface area (Å²) in [4.78, 5) is 20.1. The van der Waals surface area contributed by atoms with E-state index in [4.69, 9.17) is 5.26 Å². The third-order valence-electron chi connectivity index (χ3n) is 3.95. The van der Waals surface area contributed by atoms with Gasteiger partial charge in [0, 0.05) is 38.6 Å². The van der Waals surface area contributed by atoms with Crippen LogP contribution >= 0.6 is 0 Å². The highest BCUT2D eigenvalue weighted by molar-refractivity contribution is 5.76. The van der Waals surface area contributed by atoms with Crippen LogP contribution in [0.25, 0.3) is 0 Å². The standard InChI is InChI=1S/C15H20N6O/c1-12(2)13(9-16)19-5-7-20(8-6-19)15(22)11-21-4-3-18-14(21)10-17/h3-4,12-13H,5-8,11H2,1-2H3. The highest BCUT2D eigenvalue weighted by Crippen LogP contribution is 2.13. The molecular formula is C15H20N6O. The predicted octanol–water partition coefficient (Wildman–Crippen LogP) is 0.447. The van der Waals surface area contributed by atoms with E-state index in [0.29, 0.717) is 26.2 Å². The Morgan fingerprint density at radius 2 is 2.00 bits per heavy atom. The molecule has 0 bridgehead atoms. The smallest absolute Gasteiger partial charge is 0.242 e. The Morgan fingerprint density at radius 3 is 2.55 bits per heavy atom. The average molecular weight is 300 g/mol. The molecule has 2 rings (SSSR count). The van der Waals surface area contributed by atoms with Crippen LogP contribution in [0.1, 0.15) is 19.7 Å². The first-order chi connectivity index (χ1) is 10.6. The number of carbonyl (C=O) groups excluding carboxylic acids is 1. The predicted molar refractivity (Wildman–Crippen MR) is 79.3 cm³/mol. The van der Waals surface area contributed by atoms with E-state index in [0.717, 1.165) is 0 Å². The minimum absolute atomic E-state index is 0.0211. The Balaban J connectivity index is 1.91. The number of piperazine rings is 1. The maximum absolute atomic E-state index is 12.3. The molecular weight excluding hydrogens is 280 g/mol. The molecule has 2 heterocycles. The number of imidazole rings is 1. The van der Waals surface area contributed by atoms with Gasteiger partial charge < -0.3 is 9.47 Å². The van der Waals surface area contributed by atoms with E-state index in [1.807, 2.05) is 19.9 Å². The van der Waals surface area contributed by atoms with Crippen LogP contribution in [0, 0.1) is 28.6 Å². The quantitative estimate of drug-likeness (QED) is 0.805. The second-order valence-electron chi connectivity index (χ2n) is 5.73. The van der Waals surface area contributed by atoms with Gasteiger partial charge in [0.15, 0.2) is 0 Å². The molecule has 7 heteroatoms. The summed E-state index contributed by atoms with van der Waals surface area (Å²) in [6.07, 6.45) is 3.15. The molecule has 1 aliphatic rings. The highest BCUT2D eigenvalue weighted by Gasteiger charge is 2.27. The fourth-order valence-electron chi connectivity index (χ4n) is 2.70. The molecule has 1 atom stereocenters. The second kappa shape index (κ2) is 7.06. The first kappa shape index (κ1) is 16.0. The van der Waals surface area contributed by atoms with Gasteiger partial charge in [0.2, 0.25) is 11.7 Å². The lowest BCUT2D eigenvalue weighted by atomic mass is 10.0. The van der Waals surface area contributed by atoms with Crippen LogP contribution in [-0.2, 0) is 11.3 Å². The van der Waals surface area contributed by atoms with Crippen molar-refractivity contribution in [2.75, 3.05) is 26.2 Å². The van der Waals surface area contributed by atoms with E-state index < -0.39 is 0 Å². The molecule has 1 unspecified atom stereocenters. The number of amides is 1. The zero-order valence-electron chi connectivity index (χ0n) is 12.9. The van der Waals surface area contributed by atoms with E-state index in [2.05, 4.69) is 16.0 Å². The fourth-order valence-corrected chi connectivity index (χ4v) is 2.70. The van der Waals surface area contributed by atoms with Crippen molar-refractivity contribution in [1.29, 1.82) is 10.5 Å². The van der Waals surface area contributed by atoms with Crippen molar-refractivity contribution >= 4 is 5.91 Å². The molecule has 22 heavy (non-hydrogen) atoms. The lowest BCUT2D eigenvalue weighted by Crippen LogP contribution is -2.53. The second-order valence-corrected chi connectivity index (χ2v) is 5.73. The summed E-state index contributed by atoms with van der Waals surface area (Å²) in [5.41, 5.74) is 0. The van der Waals surface area contributed by atoms with Crippen molar-refractivity contribution < 1.29 is 4.79 Å². The van der Waals surface area contributed by atoms with Crippen LogP contribution in [-0.4, -0.2) is 57.5 Å². The Hall–Kier alpha value is -2.38. The molecule has 7 nitrogen and oxygen atoms in total. The normalized spacial score (nSPS) is 17.0. The third-order valence-corrected chi connectivity index (χ3v) is 3.95. The summed E-state index contributed by atoms with van der Waals surface area (Å²) in [6, 6.07) is 4.20. The molecule has 0 aliphatic carbocycles. The van der Waals surface area contributed by atoms with Crippen molar-refractivity contribution in [2.45, 2.75) is 26.4 Å². The number of aromatic nitrogens is 2. The van der Waals surface area contributed by atoms with Crippen molar-refractivity contribution in [2.24, 2.45) is 5.92 Å². The molecule has 1 saturated heterocycles. The monoisotopic (exact) mass is 300 g/mol. The minimum Gasteiger partial charge on any atom is -0.339 e. The van der Waals surface area contributed by atoms with E-state index in [-0.39, 0.29) is 30.2 Å². The third kappa shape index (κ3) is 3.44. The fraction of sp³-hybridized carbons (Fsp3) is 0.600. The molecule has 0 N–H and O–H groups in total. The minimum atomic E-state index is -0.101. The number of carbonyl (C=O) groups is 1. The summed E-state index contributed by atoms with van der Waals surface area (Å²) in [7, 11) is 0. The van der Waals surface area contributed by atoms with Crippen LogP contribution in [0.15, 0.2) is 12.4 Å². The maximum Gasteiger partial charge on any atom is 0.242 e. The van der Waals surface area contributed by atoms with Gasteiger partial charge in [0.25, 0.3) is 0 Å². The van der Waals surface area contributed by atoms with Crippen molar-refractivity contribution in [1.82, 2.24) is 19.4 Å². The number of rotatable bonds is 4. The Morgan fingerprint density at radius 1 is 1.32 bits per heavy atom. The van der Waals surface area contributed by atoms with Crippen molar-refractivity contribution in [3.8, 4) is 12.1 Å². The number of hydrogen-bond donors (Lipinski definition) is 0. The van der Waals surface area contributed by atoms with Crippen LogP contribution in [0.4, 0.5) is 0 Å². The summed E-state index contributed by atoms with van der Waals surface area (Å²) >= 11 is 0. The summed E-state index contributed by atoms with van der Waals surface area (Å²) < 4.78 is 1.56. The van der Waals surface area contributed by atoms with Gasteiger partial charge in [0.1, 0.15) is 18.7 Å². The molecule has 1 aromatic rings. The van der Waals surface area contributed by atoms with Gasteiger partial charge in [-0.1, -0.05) is 13.8 Å². The van der Waals surface area contributed by atoms with Gasteiger partial charge in [-0.25, -0.2) is 4.98 Å². The van der Waals surface area contributed by atoms with Crippen LogP contribution in [0.2, 0.25) is 0 Å². The van der Waals surface area contributed by atoms with Crippen LogP contribution < -0.4 is 0 Å². The van der Waals surface area contributed by atoms with Crippen LogP contribution in [0.5, 0.6) is 0 Å². The Labute approximate surface area is 130 Å². The molecule has 0 spiro atoms. The van der Waals surface area contributed by atoms with Gasteiger partial charge in [0.05, 0.1) is 6.07 Å². The molecule has 0 aromatic carbocycles. The van der Waals surface area contributed by atoms with Crippen molar-refractivity contribution in [3.05, 3.63) is 18.2 Å². The highest BCUT2D eigenvalue weighted by atomic mass is 16.2. The van der Waals surface area contributed by atoms with E-state index in [9.17, 15) is 10.1 Å². The number of nitriles is 2. The van der Waals surface area contributed by atoms with Gasteiger partial charge in [-0.15, -0.1) is 0 Å². The molecule has 1 amide bonds. The van der Waals surface area contributed by atoms with E-state index in [1.54, 1.807) is 15.7 Å². The lowest BCUT2D eigenvalue weighted by molar-refractivity contribution is -0.133. The number of nitrogens with zero attached hydrogens (tertiary/aromatic N) is 6. The average Bonchev–Trinajstić information content (AvgIpc) is 2.95. The van der Waals surface area contributed by atoms with Gasteiger partial charge >= 0.3 is 0 Å². The van der Waals surface area contributed by atoms with E-state index in [1.165, 1.54) is 6.20 Å². The zero-order chi connectivity index (χ0) is 16.1. The van der Waals surface area contributed by atoms with Gasteiger partial charge in [-0.3, -0.25) is 9.69 Å². The first-order valence-corrected chi connectivity index (χ1v) is 7.39. The van der Waals surface area contributed by atoms with Crippen molar-refractivity contribution in [3.63, 3.8) is 0 Å². The Bertz CT molecular complexity index is 600. The van der Waals surface area contributed by atoms with Crippen LogP contribution in [0.3, 0.4) is 0 Å². The molecule has 1 aliphatic heterocycles. The first-order valence-electron chi connectivity index (χ1n) is 7.39. The lowest BCUT2D eigenvalue weighted by Gasteiger charge is -2.38. The maximum atomic E-state index is 12.3. The zero-order valence-corrected chi connectivity index (χ0v) is 12.9. The number of hydrogen-bond acceptors (Lipinski definition) is 5.